The van der Waals surface area contributed by atoms with E-state index in [1.807, 2.05) is 30.3 Å². The van der Waals surface area contributed by atoms with E-state index in [2.05, 4.69) is 39.6 Å². The molecule has 3 atom stereocenters. The molecule has 7 heteroatoms. The van der Waals surface area contributed by atoms with Gasteiger partial charge in [-0.2, -0.15) is 0 Å². The van der Waals surface area contributed by atoms with Crippen LogP contribution in [0.25, 0.3) is 0 Å². The van der Waals surface area contributed by atoms with E-state index in [4.69, 9.17) is 18.9 Å². The lowest BCUT2D eigenvalue weighted by atomic mass is 10.1. The Hall–Kier alpha value is -2.58. The zero-order valence-electron chi connectivity index (χ0n) is 17.6. The summed E-state index contributed by atoms with van der Waals surface area (Å²) in [6.45, 7) is 2.71. The zero-order chi connectivity index (χ0) is 22.5. The van der Waals surface area contributed by atoms with Gasteiger partial charge < -0.3 is 18.9 Å². The molecule has 1 heterocycles. The number of hydrogen-bond donors (Lipinski definition) is 0. The Morgan fingerprint density at radius 2 is 1.81 bits per heavy atom. The van der Waals surface area contributed by atoms with E-state index >= 15 is 0 Å². The topological polar surface area (TPSA) is 71.1 Å². The number of ether oxygens (including phenoxy) is 4. The lowest BCUT2D eigenvalue weighted by molar-refractivity contribution is -0.194. The van der Waals surface area contributed by atoms with E-state index in [-0.39, 0.29) is 13.2 Å². The number of carbonyl (C=O) groups excluding carboxylic acids is 2. The smallest absolute Gasteiger partial charge is 0.303 e. The van der Waals surface area contributed by atoms with Gasteiger partial charge in [0.25, 0.3) is 0 Å². The van der Waals surface area contributed by atoms with Crippen LogP contribution in [0.2, 0.25) is 0 Å². The normalized spacial score (nSPS) is 19.7. The molecule has 0 fully saturated rings. The fraction of sp³-hybridized carbons (Fsp3) is 0.417. The van der Waals surface area contributed by atoms with Gasteiger partial charge in [-0.05, 0) is 24.6 Å². The van der Waals surface area contributed by atoms with Crippen molar-refractivity contribution in [1.29, 1.82) is 0 Å². The Bertz CT molecular complexity index is 887. The van der Waals surface area contributed by atoms with Gasteiger partial charge in [-0.3, -0.25) is 9.59 Å². The summed E-state index contributed by atoms with van der Waals surface area (Å²) in [5.74, 6) is 11.3. The molecular weight excluding hydrogens is 464 g/mol. The first-order valence-electron chi connectivity index (χ1n) is 9.90. The van der Waals surface area contributed by atoms with Crippen molar-refractivity contribution in [3.8, 4) is 23.7 Å². The predicted molar refractivity (Wildman–Crippen MR) is 119 cm³/mol. The van der Waals surface area contributed by atoms with Crippen LogP contribution < -0.4 is 0 Å². The van der Waals surface area contributed by atoms with Crippen LogP contribution in [0.5, 0.6) is 0 Å². The van der Waals surface area contributed by atoms with Crippen molar-refractivity contribution < 1.29 is 28.5 Å². The van der Waals surface area contributed by atoms with Gasteiger partial charge in [0.05, 0.1) is 4.48 Å². The summed E-state index contributed by atoms with van der Waals surface area (Å²) < 4.78 is 22.2. The fourth-order valence-electron chi connectivity index (χ4n) is 2.61. The Morgan fingerprint density at radius 3 is 2.52 bits per heavy atom. The average Bonchev–Trinajstić information content (AvgIpc) is 2.73. The van der Waals surface area contributed by atoms with E-state index in [9.17, 15) is 9.59 Å². The molecule has 0 saturated carbocycles. The lowest BCUT2D eigenvalue weighted by Gasteiger charge is -2.32. The highest BCUT2D eigenvalue weighted by Gasteiger charge is 2.34. The molecule has 0 N–H and O–H groups in total. The second-order valence-electron chi connectivity index (χ2n) is 6.62. The molecule has 1 aliphatic rings. The maximum Gasteiger partial charge on any atom is 0.303 e. The number of rotatable bonds is 7. The van der Waals surface area contributed by atoms with Gasteiger partial charge in [0.2, 0.25) is 0 Å². The minimum absolute atomic E-state index is 0.0559. The molecule has 1 aliphatic heterocycles. The Kier molecular flexibility index (Phi) is 10.9. The molecule has 0 amide bonds. The van der Waals surface area contributed by atoms with Crippen molar-refractivity contribution in [2.75, 3.05) is 13.2 Å². The molecule has 0 spiro atoms. The van der Waals surface area contributed by atoms with Crippen LogP contribution in [0, 0.1) is 23.7 Å². The summed E-state index contributed by atoms with van der Waals surface area (Å²) in [5.41, 5.74) is 1.01. The molecule has 1 aromatic rings. The van der Waals surface area contributed by atoms with E-state index in [1.54, 1.807) is 6.08 Å². The average molecular weight is 489 g/mol. The van der Waals surface area contributed by atoms with Crippen molar-refractivity contribution in [3.05, 3.63) is 46.5 Å². The molecule has 0 bridgehead atoms. The molecule has 0 radical (unpaired) electrons. The van der Waals surface area contributed by atoms with Crippen molar-refractivity contribution in [3.63, 3.8) is 0 Å². The van der Waals surface area contributed by atoms with Crippen LogP contribution in [0.15, 0.2) is 40.9 Å². The van der Waals surface area contributed by atoms with Crippen LogP contribution in [-0.4, -0.2) is 43.7 Å². The van der Waals surface area contributed by atoms with E-state index < -0.39 is 30.4 Å². The molecule has 31 heavy (non-hydrogen) atoms. The molecule has 2 rings (SSSR count). The largest absolute Gasteiger partial charge is 0.463 e. The minimum Gasteiger partial charge on any atom is -0.463 e. The van der Waals surface area contributed by atoms with Gasteiger partial charge in [0.15, 0.2) is 12.4 Å². The summed E-state index contributed by atoms with van der Waals surface area (Å²) in [6, 6.07) is 9.86. The molecule has 1 aromatic carbocycles. The number of unbranched alkanes of at least 4 members (excludes halogenated alkanes) is 2. The fourth-order valence-corrected chi connectivity index (χ4v) is 3.11. The molecule has 0 saturated heterocycles. The summed E-state index contributed by atoms with van der Waals surface area (Å²) in [7, 11) is 0. The highest BCUT2D eigenvalue weighted by atomic mass is 79.9. The first-order chi connectivity index (χ1) is 15.0. The maximum absolute atomic E-state index is 11.3. The van der Waals surface area contributed by atoms with Gasteiger partial charge in [-0.15, -0.1) is 5.92 Å². The van der Waals surface area contributed by atoms with Crippen LogP contribution >= 0.6 is 15.9 Å². The van der Waals surface area contributed by atoms with Gasteiger partial charge >= 0.3 is 11.9 Å². The third kappa shape index (κ3) is 9.85. The van der Waals surface area contributed by atoms with Crippen molar-refractivity contribution in [1.82, 2.24) is 0 Å². The van der Waals surface area contributed by atoms with Crippen molar-refractivity contribution in [2.45, 2.75) is 51.6 Å². The molecule has 0 aromatic heterocycles. The predicted octanol–water partition coefficient (Wildman–Crippen LogP) is 3.73. The number of esters is 2. The van der Waals surface area contributed by atoms with E-state index in [0.29, 0.717) is 4.48 Å². The van der Waals surface area contributed by atoms with Crippen molar-refractivity contribution >= 4 is 27.9 Å². The third-order valence-corrected chi connectivity index (χ3v) is 4.65. The first kappa shape index (κ1) is 24.7. The number of hydrogen-bond acceptors (Lipinski definition) is 6. The van der Waals surface area contributed by atoms with Crippen LogP contribution in [-0.2, 0) is 28.5 Å². The highest BCUT2D eigenvalue weighted by Crippen LogP contribution is 2.27. The summed E-state index contributed by atoms with van der Waals surface area (Å²) >= 11 is 3.37. The van der Waals surface area contributed by atoms with Gasteiger partial charge in [-0.1, -0.05) is 51.9 Å². The Morgan fingerprint density at radius 1 is 1.06 bits per heavy atom. The summed E-state index contributed by atoms with van der Waals surface area (Å²) in [6.07, 6.45) is 1.97. The van der Waals surface area contributed by atoms with Gasteiger partial charge in [0.1, 0.15) is 19.3 Å². The van der Waals surface area contributed by atoms with Crippen LogP contribution in [0.3, 0.4) is 0 Å². The maximum atomic E-state index is 11.3. The van der Waals surface area contributed by atoms with Gasteiger partial charge in [0, 0.05) is 32.3 Å². The molecule has 6 nitrogen and oxygen atoms in total. The SMILES string of the molecule is CC(=O)OC[C@H]1O[C@H](OCC#CCCCC#Cc2ccccc2)C(Br)=C[C@H]1OC(C)=O. The Labute approximate surface area is 191 Å². The van der Waals surface area contributed by atoms with Crippen LogP contribution in [0.4, 0.5) is 0 Å². The quantitative estimate of drug-likeness (QED) is 0.330. The van der Waals surface area contributed by atoms with E-state index in [1.165, 1.54) is 13.8 Å². The summed E-state index contributed by atoms with van der Waals surface area (Å²) in [5, 5.41) is 0. The number of benzene rings is 1. The van der Waals surface area contributed by atoms with Crippen molar-refractivity contribution in [2.24, 2.45) is 0 Å². The number of halogens is 1. The van der Waals surface area contributed by atoms with Crippen LogP contribution in [0.1, 0.15) is 38.7 Å². The second-order valence-corrected chi connectivity index (χ2v) is 7.54. The first-order valence-corrected chi connectivity index (χ1v) is 10.7. The number of carbonyl (C=O) groups is 2. The lowest BCUT2D eigenvalue weighted by Crippen LogP contribution is -2.43. The van der Waals surface area contributed by atoms with E-state index in [0.717, 1.165) is 24.8 Å². The standard InChI is InChI=1S/C24H25BrO6/c1-18(26)29-17-23-22(30-19(2)27)16-21(25)24(31-23)28-15-11-6-4-3-5-8-12-20-13-9-7-10-14-20/h7,9-10,13-14,16,22-24H,3-5,15,17H2,1-2H3/t22-,23-,24+/m1/s1. The molecule has 0 unspecified atom stereocenters. The highest BCUT2D eigenvalue weighted by molar-refractivity contribution is 9.11. The second kappa shape index (κ2) is 13.7. The monoisotopic (exact) mass is 488 g/mol. The zero-order valence-corrected chi connectivity index (χ0v) is 19.1. The van der Waals surface area contributed by atoms with Gasteiger partial charge in [-0.25, -0.2) is 0 Å². The molecular formula is C24H25BrO6. The Balaban J connectivity index is 1.76. The molecule has 0 aliphatic carbocycles. The summed E-state index contributed by atoms with van der Waals surface area (Å²) in [4.78, 5) is 22.4. The molecule has 164 valence electrons. The minimum atomic E-state index is -0.724. The third-order valence-electron chi connectivity index (χ3n) is 4.01.